The number of halogens is 5. The summed E-state index contributed by atoms with van der Waals surface area (Å²) >= 11 is 31.5. The van der Waals surface area contributed by atoms with Gasteiger partial charge in [-0.3, -0.25) is 9.59 Å². The molecule has 3 aromatic carbocycles. The van der Waals surface area contributed by atoms with Gasteiger partial charge in [-0.15, -0.1) is 23.2 Å². The van der Waals surface area contributed by atoms with Crippen LogP contribution in [0, 0.1) is 5.92 Å². The molecule has 0 heterocycles. The van der Waals surface area contributed by atoms with Crippen LogP contribution in [0.2, 0.25) is 15.1 Å². The predicted octanol–water partition coefficient (Wildman–Crippen LogP) is 8.19. The van der Waals surface area contributed by atoms with Crippen LogP contribution in [0.4, 0.5) is 11.4 Å². The van der Waals surface area contributed by atoms with Crippen molar-refractivity contribution in [1.29, 1.82) is 0 Å². The number of oxime groups is 1. The number of carbonyl (C=O) groups is 2. The van der Waals surface area contributed by atoms with Gasteiger partial charge in [0.1, 0.15) is 10.9 Å². The Morgan fingerprint density at radius 2 is 1.63 bits per heavy atom. The number of hydrogen-bond acceptors (Lipinski definition) is 4. The van der Waals surface area contributed by atoms with Crippen LogP contribution in [0.25, 0.3) is 0 Å². The lowest BCUT2D eigenvalue weighted by Gasteiger charge is -2.13. The van der Waals surface area contributed by atoms with E-state index in [9.17, 15) is 9.59 Å². The standard InChI is InChI=1S/C27H22Cl5N3O3/c1-3-38-35-14(2)19-6-4-5-7-22(19)34-25(36)20-13-18(8-9-21(20)30)33-26(37)24-23(27(24,31)32)15-10-16(28)12-17(29)11-15/h4-13,23-24H,3H2,1-2H3,(H,33,37)(H,34,36)/b35-14+. The molecule has 1 aliphatic rings. The molecule has 2 N–H and O–H groups in total. The highest BCUT2D eigenvalue weighted by molar-refractivity contribution is 6.53. The van der Waals surface area contributed by atoms with Crippen LogP contribution in [-0.2, 0) is 9.63 Å². The number of benzene rings is 3. The first kappa shape index (κ1) is 28.5. The van der Waals surface area contributed by atoms with Crippen molar-refractivity contribution in [2.24, 2.45) is 11.1 Å². The summed E-state index contributed by atoms with van der Waals surface area (Å²) in [5.74, 6) is -2.15. The number of anilines is 2. The maximum absolute atomic E-state index is 13.2. The van der Waals surface area contributed by atoms with E-state index >= 15 is 0 Å². The minimum Gasteiger partial charge on any atom is -0.396 e. The molecule has 0 bridgehead atoms. The Kier molecular flexibility index (Phi) is 8.80. The van der Waals surface area contributed by atoms with Gasteiger partial charge in [0.25, 0.3) is 5.91 Å². The largest absolute Gasteiger partial charge is 0.396 e. The third kappa shape index (κ3) is 6.22. The molecule has 1 fully saturated rings. The van der Waals surface area contributed by atoms with Gasteiger partial charge in [0.05, 0.1) is 27.9 Å². The second-order valence-electron chi connectivity index (χ2n) is 8.61. The summed E-state index contributed by atoms with van der Waals surface area (Å²) in [6.07, 6.45) is 0. The average molecular weight is 614 g/mol. The van der Waals surface area contributed by atoms with Gasteiger partial charge >= 0.3 is 0 Å². The van der Waals surface area contributed by atoms with Gasteiger partial charge < -0.3 is 15.5 Å². The maximum atomic E-state index is 13.2. The summed E-state index contributed by atoms with van der Waals surface area (Å²) in [7, 11) is 0. The molecule has 0 radical (unpaired) electrons. The van der Waals surface area contributed by atoms with Crippen molar-refractivity contribution >= 4 is 86.9 Å². The normalized spacial score (nSPS) is 18.0. The van der Waals surface area contributed by atoms with Crippen molar-refractivity contribution in [2.45, 2.75) is 24.1 Å². The highest BCUT2D eigenvalue weighted by Gasteiger charge is 2.67. The van der Waals surface area contributed by atoms with Crippen LogP contribution >= 0.6 is 58.0 Å². The Morgan fingerprint density at radius 3 is 2.32 bits per heavy atom. The first-order chi connectivity index (χ1) is 18.0. The Bertz CT molecular complexity index is 1410. The highest BCUT2D eigenvalue weighted by Crippen LogP contribution is 2.65. The summed E-state index contributed by atoms with van der Waals surface area (Å²) in [5, 5.41) is 10.7. The van der Waals surface area contributed by atoms with E-state index in [0.717, 1.165) is 0 Å². The van der Waals surface area contributed by atoms with Gasteiger partial charge in [0, 0.05) is 27.2 Å². The molecule has 1 aliphatic carbocycles. The third-order valence-corrected chi connectivity index (χ3v) is 7.66. The number of alkyl halides is 2. The highest BCUT2D eigenvalue weighted by atomic mass is 35.5. The van der Waals surface area contributed by atoms with E-state index in [1.165, 1.54) is 12.1 Å². The van der Waals surface area contributed by atoms with Crippen molar-refractivity contribution in [3.05, 3.63) is 92.4 Å². The monoisotopic (exact) mass is 611 g/mol. The maximum Gasteiger partial charge on any atom is 0.257 e. The van der Waals surface area contributed by atoms with Crippen molar-refractivity contribution in [3.8, 4) is 0 Å². The molecule has 0 aliphatic heterocycles. The molecule has 4 rings (SSSR count). The molecule has 6 nitrogen and oxygen atoms in total. The smallest absolute Gasteiger partial charge is 0.257 e. The predicted molar refractivity (Wildman–Crippen MR) is 155 cm³/mol. The van der Waals surface area contributed by atoms with Crippen LogP contribution in [0.5, 0.6) is 0 Å². The number of hydrogen-bond donors (Lipinski definition) is 2. The SMILES string of the molecule is CCO/N=C(\C)c1ccccc1NC(=O)c1cc(NC(=O)C2C(c3cc(Cl)cc(Cl)c3)C2(Cl)Cl)ccc1Cl. The molecular formula is C27H22Cl5N3O3. The Balaban J connectivity index is 1.52. The number of nitrogens with one attached hydrogen (secondary N) is 2. The molecule has 11 heteroatoms. The third-order valence-electron chi connectivity index (χ3n) is 5.95. The van der Waals surface area contributed by atoms with Crippen LogP contribution < -0.4 is 10.6 Å². The minimum absolute atomic E-state index is 0.163. The summed E-state index contributed by atoms with van der Waals surface area (Å²) < 4.78 is -1.34. The zero-order chi connectivity index (χ0) is 27.6. The van der Waals surface area contributed by atoms with E-state index < -0.39 is 28.0 Å². The van der Waals surface area contributed by atoms with Gasteiger partial charge in [0.15, 0.2) is 0 Å². The fraction of sp³-hybridized carbons (Fsp3) is 0.222. The summed E-state index contributed by atoms with van der Waals surface area (Å²) in [4.78, 5) is 31.4. The van der Waals surface area contributed by atoms with E-state index in [1.54, 1.807) is 43.3 Å². The van der Waals surface area contributed by atoms with Gasteiger partial charge in [-0.05, 0) is 61.9 Å². The molecule has 0 spiro atoms. The first-order valence-corrected chi connectivity index (χ1v) is 13.4. The fourth-order valence-corrected chi connectivity index (χ4v) is 5.70. The molecule has 0 aromatic heterocycles. The summed E-state index contributed by atoms with van der Waals surface area (Å²) in [5.41, 5.74) is 2.99. The van der Waals surface area contributed by atoms with Gasteiger partial charge in [0.2, 0.25) is 5.91 Å². The molecule has 2 unspecified atom stereocenters. The zero-order valence-electron chi connectivity index (χ0n) is 20.2. The molecular weight excluding hydrogens is 592 g/mol. The van der Waals surface area contributed by atoms with Crippen molar-refractivity contribution in [3.63, 3.8) is 0 Å². The minimum atomic E-state index is -1.34. The van der Waals surface area contributed by atoms with Crippen LogP contribution in [0.15, 0.2) is 65.8 Å². The van der Waals surface area contributed by atoms with E-state index in [1.807, 2.05) is 19.1 Å². The van der Waals surface area contributed by atoms with Crippen LogP contribution in [-0.4, -0.2) is 28.5 Å². The fourth-order valence-electron chi connectivity index (χ4n) is 4.13. The number of rotatable bonds is 8. The van der Waals surface area contributed by atoms with Gasteiger partial charge in [-0.2, -0.15) is 0 Å². The second kappa shape index (κ2) is 11.7. The summed E-state index contributed by atoms with van der Waals surface area (Å²) in [6.45, 7) is 4.03. The molecule has 2 atom stereocenters. The zero-order valence-corrected chi connectivity index (χ0v) is 24.0. The molecule has 2 amide bonds. The lowest BCUT2D eigenvalue weighted by Crippen LogP contribution is -2.18. The van der Waals surface area contributed by atoms with E-state index in [0.29, 0.717) is 44.9 Å². The lowest BCUT2D eigenvalue weighted by atomic mass is 10.1. The van der Waals surface area contributed by atoms with Crippen molar-refractivity contribution < 1.29 is 14.4 Å². The Hall–Kier alpha value is -2.48. The molecule has 1 saturated carbocycles. The molecule has 38 heavy (non-hydrogen) atoms. The Morgan fingerprint density at radius 1 is 0.947 bits per heavy atom. The van der Waals surface area contributed by atoms with Crippen molar-refractivity contribution in [2.75, 3.05) is 17.2 Å². The topological polar surface area (TPSA) is 79.8 Å². The van der Waals surface area contributed by atoms with Gasteiger partial charge in [-0.1, -0.05) is 58.2 Å². The van der Waals surface area contributed by atoms with Crippen LogP contribution in [0.1, 0.15) is 41.3 Å². The number of para-hydroxylation sites is 1. The van der Waals surface area contributed by atoms with E-state index in [-0.39, 0.29) is 10.6 Å². The molecule has 0 saturated heterocycles. The number of carbonyl (C=O) groups excluding carboxylic acids is 2. The average Bonchev–Trinajstić information content (AvgIpc) is 3.45. The van der Waals surface area contributed by atoms with E-state index in [2.05, 4.69) is 15.8 Å². The lowest BCUT2D eigenvalue weighted by molar-refractivity contribution is -0.117. The molecule has 3 aromatic rings. The second-order valence-corrected chi connectivity index (χ2v) is 11.3. The van der Waals surface area contributed by atoms with Crippen molar-refractivity contribution in [1.82, 2.24) is 0 Å². The summed E-state index contributed by atoms with van der Waals surface area (Å²) in [6, 6.07) is 16.7. The van der Waals surface area contributed by atoms with E-state index in [4.69, 9.17) is 62.8 Å². The number of amides is 2. The van der Waals surface area contributed by atoms with Gasteiger partial charge in [-0.25, -0.2) is 0 Å². The number of nitrogens with zero attached hydrogens (tertiary/aromatic N) is 1. The Labute approximate surface area is 245 Å². The van der Waals surface area contributed by atoms with Crippen LogP contribution in [0.3, 0.4) is 0 Å². The molecule has 198 valence electrons. The quantitative estimate of drug-likeness (QED) is 0.153. The first-order valence-electron chi connectivity index (χ1n) is 11.5.